The van der Waals surface area contributed by atoms with Gasteiger partial charge in [-0.2, -0.15) is 0 Å². The van der Waals surface area contributed by atoms with Crippen LogP contribution in [0.4, 0.5) is 0 Å². The minimum absolute atomic E-state index is 0.0850. The van der Waals surface area contributed by atoms with E-state index in [1.54, 1.807) is 0 Å². The summed E-state index contributed by atoms with van der Waals surface area (Å²) in [4.78, 5) is 28.0. The summed E-state index contributed by atoms with van der Waals surface area (Å²) in [6.07, 6.45) is 7.57. The van der Waals surface area contributed by atoms with E-state index in [0.717, 1.165) is 32.1 Å². The average molecular weight is 292 g/mol. The van der Waals surface area contributed by atoms with Gasteiger partial charge in [-0.15, -0.1) is 0 Å². The SMILES string of the molecule is CCC(C)C1NC(=O)C(C)(C2CC2)N(C2CCCC2)C1=O. The number of nitrogens with one attached hydrogen (secondary N) is 1. The molecule has 1 aliphatic heterocycles. The summed E-state index contributed by atoms with van der Waals surface area (Å²) in [7, 11) is 0. The van der Waals surface area contributed by atoms with Crippen molar-refractivity contribution in [1.29, 1.82) is 0 Å². The van der Waals surface area contributed by atoms with E-state index in [-0.39, 0.29) is 29.8 Å². The Hall–Kier alpha value is -1.06. The molecular weight excluding hydrogens is 264 g/mol. The summed E-state index contributed by atoms with van der Waals surface area (Å²) < 4.78 is 0. The molecule has 2 amide bonds. The van der Waals surface area contributed by atoms with E-state index < -0.39 is 5.54 Å². The van der Waals surface area contributed by atoms with E-state index in [2.05, 4.69) is 19.2 Å². The van der Waals surface area contributed by atoms with Gasteiger partial charge in [-0.3, -0.25) is 9.59 Å². The molecule has 1 saturated heterocycles. The van der Waals surface area contributed by atoms with Crippen LogP contribution in [0.15, 0.2) is 0 Å². The third-order valence-electron chi connectivity index (χ3n) is 6.03. The van der Waals surface area contributed by atoms with E-state index in [9.17, 15) is 9.59 Å². The van der Waals surface area contributed by atoms with Crippen LogP contribution in [0.1, 0.15) is 65.7 Å². The van der Waals surface area contributed by atoms with Crippen LogP contribution >= 0.6 is 0 Å². The molecule has 0 aromatic heterocycles. The second-order valence-electron chi connectivity index (χ2n) is 7.40. The summed E-state index contributed by atoms with van der Waals surface area (Å²) in [5.41, 5.74) is -0.601. The van der Waals surface area contributed by atoms with Gasteiger partial charge >= 0.3 is 0 Å². The second-order valence-corrected chi connectivity index (χ2v) is 7.40. The molecule has 3 atom stereocenters. The number of amides is 2. The fraction of sp³-hybridized carbons (Fsp3) is 0.882. The molecule has 2 saturated carbocycles. The Morgan fingerprint density at radius 3 is 2.38 bits per heavy atom. The molecule has 0 aromatic carbocycles. The van der Waals surface area contributed by atoms with Crippen LogP contribution in [-0.2, 0) is 9.59 Å². The van der Waals surface area contributed by atoms with E-state index in [0.29, 0.717) is 5.92 Å². The quantitative estimate of drug-likeness (QED) is 0.865. The lowest BCUT2D eigenvalue weighted by Gasteiger charge is -2.50. The summed E-state index contributed by atoms with van der Waals surface area (Å²) in [5.74, 6) is 0.820. The first kappa shape index (κ1) is 14.9. The van der Waals surface area contributed by atoms with E-state index in [1.807, 2.05) is 11.8 Å². The van der Waals surface area contributed by atoms with Gasteiger partial charge < -0.3 is 10.2 Å². The predicted octanol–water partition coefficient (Wildman–Crippen LogP) is 2.47. The van der Waals surface area contributed by atoms with Gasteiger partial charge in [-0.25, -0.2) is 0 Å². The Kier molecular flexibility index (Phi) is 3.74. The van der Waals surface area contributed by atoms with Crippen molar-refractivity contribution in [2.24, 2.45) is 11.8 Å². The number of piperazine rings is 1. The van der Waals surface area contributed by atoms with Crippen LogP contribution in [-0.4, -0.2) is 34.3 Å². The van der Waals surface area contributed by atoms with Crippen LogP contribution in [0.5, 0.6) is 0 Å². The number of carbonyl (C=O) groups excluding carboxylic acids is 2. The number of carbonyl (C=O) groups is 2. The van der Waals surface area contributed by atoms with Gasteiger partial charge in [0.2, 0.25) is 11.8 Å². The van der Waals surface area contributed by atoms with Gasteiger partial charge in [0.1, 0.15) is 11.6 Å². The van der Waals surface area contributed by atoms with Crippen molar-refractivity contribution in [3.8, 4) is 0 Å². The molecule has 4 nitrogen and oxygen atoms in total. The summed E-state index contributed by atoms with van der Waals surface area (Å²) in [5, 5.41) is 3.05. The van der Waals surface area contributed by atoms with E-state index in [4.69, 9.17) is 0 Å². The zero-order valence-corrected chi connectivity index (χ0v) is 13.5. The fourth-order valence-corrected chi connectivity index (χ4v) is 4.21. The maximum Gasteiger partial charge on any atom is 0.246 e. The average Bonchev–Trinajstić information content (AvgIpc) is 3.20. The molecule has 0 spiro atoms. The Morgan fingerprint density at radius 1 is 1.24 bits per heavy atom. The van der Waals surface area contributed by atoms with Crippen molar-refractivity contribution in [2.45, 2.75) is 83.3 Å². The molecule has 0 radical (unpaired) electrons. The number of nitrogens with zero attached hydrogens (tertiary/aromatic N) is 1. The Balaban J connectivity index is 1.94. The lowest BCUT2D eigenvalue weighted by Crippen LogP contribution is -2.73. The van der Waals surface area contributed by atoms with E-state index in [1.165, 1.54) is 12.8 Å². The molecule has 0 aromatic rings. The van der Waals surface area contributed by atoms with E-state index >= 15 is 0 Å². The largest absolute Gasteiger partial charge is 0.342 e. The number of hydrogen-bond acceptors (Lipinski definition) is 2. The highest BCUT2D eigenvalue weighted by Gasteiger charge is 2.59. The Bertz CT molecular complexity index is 440. The first-order chi connectivity index (χ1) is 10.00. The van der Waals surface area contributed by atoms with Gasteiger partial charge in [-0.05, 0) is 44.4 Å². The zero-order valence-electron chi connectivity index (χ0n) is 13.5. The maximum atomic E-state index is 13.1. The highest BCUT2D eigenvalue weighted by atomic mass is 16.2. The smallest absolute Gasteiger partial charge is 0.246 e. The maximum absolute atomic E-state index is 13.1. The molecular formula is C17H28N2O2. The monoisotopic (exact) mass is 292 g/mol. The van der Waals surface area contributed by atoms with Crippen molar-refractivity contribution >= 4 is 11.8 Å². The topological polar surface area (TPSA) is 49.4 Å². The van der Waals surface area contributed by atoms with Gasteiger partial charge in [0.15, 0.2) is 0 Å². The van der Waals surface area contributed by atoms with Crippen LogP contribution in [0.2, 0.25) is 0 Å². The highest BCUT2D eigenvalue weighted by Crippen LogP contribution is 2.47. The van der Waals surface area contributed by atoms with Crippen molar-refractivity contribution in [3.63, 3.8) is 0 Å². The molecule has 1 heterocycles. The van der Waals surface area contributed by atoms with Crippen LogP contribution < -0.4 is 5.32 Å². The van der Waals surface area contributed by atoms with Crippen molar-refractivity contribution in [2.75, 3.05) is 0 Å². The summed E-state index contributed by atoms with van der Waals surface area (Å²) in [6, 6.07) is -0.0457. The van der Waals surface area contributed by atoms with Crippen molar-refractivity contribution < 1.29 is 9.59 Å². The van der Waals surface area contributed by atoms with Gasteiger partial charge in [0.05, 0.1) is 0 Å². The minimum atomic E-state index is -0.601. The first-order valence-electron chi connectivity index (χ1n) is 8.64. The van der Waals surface area contributed by atoms with Crippen LogP contribution in [0.3, 0.4) is 0 Å². The fourth-order valence-electron chi connectivity index (χ4n) is 4.21. The molecule has 3 fully saturated rings. The summed E-state index contributed by atoms with van der Waals surface area (Å²) in [6.45, 7) is 6.15. The molecule has 3 unspecified atom stereocenters. The number of rotatable bonds is 4. The highest BCUT2D eigenvalue weighted by molar-refractivity contribution is 6.00. The minimum Gasteiger partial charge on any atom is -0.342 e. The predicted molar refractivity (Wildman–Crippen MR) is 81.6 cm³/mol. The third-order valence-corrected chi connectivity index (χ3v) is 6.03. The molecule has 21 heavy (non-hydrogen) atoms. The summed E-state index contributed by atoms with van der Waals surface area (Å²) >= 11 is 0. The lowest BCUT2D eigenvalue weighted by molar-refractivity contribution is -0.163. The van der Waals surface area contributed by atoms with Crippen LogP contribution in [0.25, 0.3) is 0 Å². The molecule has 3 rings (SSSR count). The molecule has 0 bridgehead atoms. The second kappa shape index (κ2) is 5.29. The van der Waals surface area contributed by atoms with Gasteiger partial charge in [0, 0.05) is 6.04 Å². The van der Waals surface area contributed by atoms with Gasteiger partial charge in [-0.1, -0.05) is 33.1 Å². The zero-order chi connectivity index (χ0) is 15.2. The Morgan fingerprint density at radius 2 is 1.86 bits per heavy atom. The molecule has 1 N–H and O–H groups in total. The molecule has 3 aliphatic rings. The van der Waals surface area contributed by atoms with Crippen LogP contribution in [0, 0.1) is 11.8 Å². The lowest BCUT2D eigenvalue weighted by atomic mass is 9.83. The first-order valence-corrected chi connectivity index (χ1v) is 8.64. The molecule has 118 valence electrons. The molecule has 2 aliphatic carbocycles. The van der Waals surface area contributed by atoms with Crippen molar-refractivity contribution in [3.05, 3.63) is 0 Å². The normalized spacial score (nSPS) is 36.0. The van der Waals surface area contributed by atoms with Gasteiger partial charge in [0.25, 0.3) is 0 Å². The van der Waals surface area contributed by atoms with Crippen molar-refractivity contribution in [1.82, 2.24) is 10.2 Å². The third kappa shape index (κ3) is 2.27. The standard InChI is InChI=1S/C17H28N2O2/c1-4-11(2)14-15(20)19(13-7-5-6-8-13)17(3,12-9-10-12)16(21)18-14/h11-14H,4-10H2,1-3H3,(H,18,21). The molecule has 4 heteroatoms. The number of hydrogen-bond donors (Lipinski definition) is 1. The Labute approximate surface area is 127 Å².